The molecule has 3 aromatic rings. The van der Waals surface area contributed by atoms with Gasteiger partial charge in [-0.2, -0.15) is 0 Å². The van der Waals surface area contributed by atoms with Crippen LogP contribution >= 0.6 is 0 Å². The molecule has 0 fully saturated rings. The van der Waals surface area contributed by atoms with E-state index in [-0.39, 0.29) is 17.1 Å². The average Bonchev–Trinajstić information content (AvgIpc) is 3.13. The number of benzene rings is 2. The highest BCUT2D eigenvalue weighted by Gasteiger charge is 2.24. The number of H-pyrrole nitrogens is 1. The Morgan fingerprint density at radius 3 is 2.28 bits per heavy atom. The summed E-state index contributed by atoms with van der Waals surface area (Å²) in [7, 11) is 8.06. The second kappa shape index (κ2) is 11.0. The van der Waals surface area contributed by atoms with Gasteiger partial charge in [-0.15, -0.1) is 0 Å². The van der Waals surface area contributed by atoms with Crippen LogP contribution in [0.3, 0.4) is 0 Å². The fourth-order valence-corrected chi connectivity index (χ4v) is 4.40. The number of nitrogens with zero attached hydrogens (tertiary/aromatic N) is 4. The molecule has 8 nitrogen and oxygen atoms in total. The minimum Gasteiger partial charge on any atom is -0.369 e. The minimum absolute atomic E-state index is 0.177. The van der Waals surface area contributed by atoms with Crippen LogP contribution in [0, 0.1) is 5.82 Å². The average molecular weight is 493 g/mol. The van der Waals surface area contributed by atoms with E-state index in [1.807, 2.05) is 57.4 Å². The van der Waals surface area contributed by atoms with Crippen molar-refractivity contribution in [1.82, 2.24) is 19.8 Å². The van der Waals surface area contributed by atoms with E-state index in [4.69, 9.17) is 0 Å². The second-order valence-electron chi connectivity index (χ2n) is 9.63. The molecule has 2 aromatic carbocycles. The molecule has 2 N–H and O–H groups in total. The smallest absolute Gasteiger partial charge is 0.259 e. The molecule has 1 aromatic heterocycles. The SMILES string of the molecule is CN(C)CCCN(CCCN(C)C)c1cc2nc(/C=C3\C(=O)Nc4ccccc43)[nH]c(=O)c2cc1F. The number of aromatic amines is 1. The minimum atomic E-state index is -0.448. The van der Waals surface area contributed by atoms with Crippen LogP contribution in [0.15, 0.2) is 41.2 Å². The van der Waals surface area contributed by atoms with Gasteiger partial charge in [-0.25, -0.2) is 9.37 Å². The van der Waals surface area contributed by atoms with Crippen LogP contribution < -0.4 is 15.8 Å². The largest absolute Gasteiger partial charge is 0.369 e. The molecule has 190 valence electrons. The summed E-state index contributed by atoms with van der Waals surface area (Å²) in [6.07, 6.45) is 3.32. The monoisotopic (exact) mass is 492 g/mol. The lowest BCUT2D eigenvalue weighted by molar-refractivity contribution is -0.110. The summed E-state index contributed by atoms with van der Waals surface area (Å²) in [6.45, 7) is 3.15. The van der Waals surface area contributed by atoms with E-state index >= 15 is 4.39 Å². The highest BCUT2D eigenvalue weighted by Crippen LogP contribution is 2.32. The highest BCUT2D eigenvalue weighted by molar-refractivity contribution is 6.34. The van der Waals surface area contributed by atoms with Gasteiger partial charge in [-0.1, -0.05) is 18.2 Å². The third-order valence-corrected chi connectivity index (χ3v) is 6.19. The molecule has 0 unspecified atom stereocenters. The summed E-state index contributed by atoms with van der Waals surface area (Å²) in [5, 5.41) is 2.99. The zero-order chi connectivity index (χ0) is 25.8. The summed E-state index contributed by atoms with van der Waals surface area (Å²) < 4.78 is 15.3. The van der Waals surface area contributed by atoms with E-state index in [9.17, 15) is 9.59 Å². The molecule has 0 saturated carbocycles. The number of anilines is 2. The number of aromatic nitrogens is 2. The summed E-state index contributed by atoms with van der Waals surface area (Å²) in [5.74, 6) is -0.454. The first-order valence-electron chi connectivity index (χ1n) is 12.1. The van der Waals surface area contributed by atoms with Crippen molar-refractivity contribution in [3.05, 3.63) is 64.0 Å². The van der Waals surface area contributed by atoms with Gasteiger partial charge in [0.15, 0.2) is 0 Å². The third-order valence-electron chi connectivity index (χ3n) is 6.19. The lowest BCUT2D eigenvalue weighted by Crippen LogP contribution is -2.31. The Morgan fingerprint density at radius 1 is 0.944 bits per heavy atom. The maximum atomic E-state index is 15.3. The standard InChI is InChI=1S/C27H33FN6O2/c1-32(2)11-7-13-34(14-8-12-33(3)4)24-17-23-20(15-21(24)28)27(36)31-25(29-23)16-19-18-9-5-6-10-22(18)30-26(19)35/h5-6,9-10,15-17H,7-8,11-14H2,1-4H3,(H,30,35)(H,29,31,36)/b19-16-. The molecule has 1 aliphatic heterocycles. The molecule has 4 rings (SSSR count). The van der Waals surface area contributed by atoms with Crippen molar-refractivity contribution in [1.29, 1.82) is 0 Å². The van der Waals surface area contributed by atoms with Gasteiger partial charge >= 0.3 is 0 Å². The molecule has 9 heteroatoms. The first-order chi connectivity index (χ1) is 17.2. The Kier molecular flexibility index (Phi) is 7.81. The molecule has 0 atom stereocenters. The van der Waals surface area contributed by atoms with E-state index in [1.165, 1.54) is 6.07 Å². The van der Waals surface area contributed by atoms with Crippen LogP contribution in [0.2, 0.25) is 0 Å². The van der Waals surface area contributed by atoms with Crippen molar-refractivity contribution in [2.45, 2.75) is 12.8 Å². The zero-order valence-corrected chi connectivity index (χ0v) is 21.3. The number of hydrogen-bond donors (Lipinski definition) is 2. The van der Waals surface area contributed by atoms with E-state index in [0.29, 0.717) is 35.6 Å². The maximum Gasteiger partial charge on any atom is 0.259 e. The van der Waals surface area contributed by atoms with E-state index in [1.54, 1.807) is 12.1 Å². The normalized spacial score (nSPS) is 14.2. The van der Waals surface area contributed by atoms with Crippen LogP contribution in [-0.2, 0) is 4.79 Å². The number of halogens is 1. The fourth-order valence-electron chi connectivity index (χ4n) is 4.40. The molecule has 1 aliphatic rings. The van der Waals surface area contributed by atoms with E-state index in [2.05, 4.69) is 25.1 Å². The summed E-state index contributed by atoms with van der Waals surface area (Å²) in [5.41, 5.74) is 2.25. The van der Waals surface area contributed by atoms with Gasteiger partial charge in [-0.3, -0.25) is 9.59 Å². The molecule has 0 spiro atoms. The Balaban J connectivity index is 1.71. The number of hydrogen-bond acceptors (Lipinski definition) is 6. The zero-order valence-electron chi connectivity index (χ0n) is 21.3. The lowest BCUT2D eigenvalue weighted by Gasteiger charge is -2.27. The van der Waals surface area contributed by atoms with Crippen molar-refractivity contribution >= 4 is 39.8 Å². The summed E-state index contributed by atoms with van der Waals surface area (Å²) in [4.78, 5) is 38.8. The third kappa shape index (κ3) is 5.80. The van der Waals surface area contributed by atoms with Crippen molar-refractivity contribution < 1.29 is 9.18 Å². The molecule has 0 bridgehead atoms. The summed E-state index contributed by atoms with van der Waals surface area (Å²) in [6, 6.07) is 10.3. The van der Waals surface area contributed by atoms with Crippen molar-refractivity contribution in [3.8, 4) is 0 Å². The van der Waals surface area contributed by atoms with Crippen LogP contribution in [0.1, 0.15) is 24.2 Å². The van der Waals surface area contributed by atoms with Crippen molar-refractivity contribution in [2.75, 3.05) is 64.6 Å². The van der Waals surface area contributed by atoms with Crippen molar-refractivity contribution in [3.63, 3.8) is 0 Å². The molecule has 36 heavy (non-hydrogen) atoms. The van der Waals surface area contributed by atoms with Gasteiger partial charge in [0.1, 0.15) is 11.6 Å². The Hall–Kier alpha value is -3.56. The predicted molar refractivity (Wildman–Crippen MR) is 144 cm³/mol. The van der Waals surface area contributed by atoms with E-state index < -0.39 is 11.4 Å². The van der Waals surface area contributed by atoms with Gasteiger partial charge in [0, 0.05) is 24.3 Å². The number of fused-ring (bicyclic) bond motifs is 2. The first kappa shape index (κ1) is 25.5. The molecule has 1 amide bonds. The molecular weight excluding hydrogens is 459 g/mol. The number of amides is 1. The Bertz CT molecular complexity index is 1330. The van der Waals surface area contributed by atoms with E-state index in [0.717, 1.165) is 31.5 Å². The van der Waals surface area contributed by atoms with Gasteiger partial charge in [0.25, 0.3) is 11.5 Å². The molecule has 0 saturated heterocycles. The quantitative estimate of drug-likeness (QED) is 0.423. The summed E-state index contributed by atoms with van der Waals surface area (Å²) >= 11 is 0. The van der Waals surface area contributed by atoms with Gasteiger partial charge < -0.3 is 25.0 Å². The maximum absolute atomic E-state index is 15.3. The van der Waals surface area contributed by atoms with Crippen LogP contribution in [-0.4, -0.2) is 80.0 Å². The number of carbonyl (C=O) groups is 1. The number of para-hydroxylation sites is 1. The molecule has 0 aliphatic carbocycles. The number of nitrogens with one attached hydrogen (secondary N) is 2. The van der Waals surface area contributed by atoms with Gasteiger partial charge in [-0.05, 0) is 78.4 Å². The van der Waals surface area contributed by atoms with Crippen LogP contribution in [0.25, 0.3) is 22.6 Å². The molecule has 2 heterocycles. The van der Waals surface area contributed by atoms with Gasteiger partial charge in [0.2, 0.25) is 0 Å². The van der Waals surface area contributed by atoms with Crippen molar-refractivity contribution in [2.24, 2.45) is 0 Å². The fraction of sp³-hybridized carbons (Fsp3) is 0.370. The molecular formula is C27H33FN6O2. The first-order valence-corrected chi connectivity index (χ1v) is 12.1. The van der Waals surface area contributed by atoms with Gasteiger partial charge in [0.05, 0.1) is 22.2 Å². The second-order valence-corrected chi connectivity index (χ2v) is 9.63. The Labute approximate surface area is 210 Å². The number of rotatable bonds is 10. The predicted octanol–water partition coefficient (Wildman–Crippen LogP) is 3.26. The number of carbonyl (C=O) groups excluding carboxylic acids is 1. The lowest BCUT2D eigenvalue weighted by atomic mass is 10.1. The molecule has 0 radical (unpaired) electrons. The van der Waals surface area contributed by atoms with Crippen LogP contribution in [0.4, 0.5) is 15.8 Å². The van der Waals surface area contributed by atoms with Crippen LogP contribution in [0.5, 0.6) is 0 Å². The Morgan fingerprint density at radius 2 is 1.61 bits per heavy atom. The topological polar surface area (TPSA) is 84.6 Å². The highest BCUT2D eigenvalue weighted by atomic mass is 19.1.